The highest BCUT2D eigenvalue weighted by Gasteiger charge is 2.13. The van der Waals surface area contributed by atoms with Gasteiger partial charge in [0.25, 0.3) is 0 Å². The first-order valence-corrected chi connectivity index (χ1v) is 7.02. The van der Waals surface area contributed by atoms with Crippen LogP contribution in [0.25, 0.3) is 11.3 Å². The number of benzene rings is 1. The summed E-state index contributed by atoms with van der Waals surface area (Å²) >= 11 is 6.25. The lowest BCUT2D eigenvalue weighted by Crippen LogP contribution is -2.01. The number of hydrogen-bond donors (Lipinski definition) is 0. The molecule has 100 valence electrons. The molecule has 0 radical (unpaired) electrons. The van der Waals surface area contributed by atoms with Gasteiger partial charge >= 0.3 is 0 Å². The Kier molecular flexibility index (Phi) is 4.20. The molecule has 0 aliphatic carbocycles. The molecule has 0 atom stereocenters. The zero-order valence-electron chi connectivity index (χ0n) is 11.9. The Bertz CT molecular complexity index is 606. The third-order valence-electron chi connectivity index (χ3n) is 3.47. The molecule has 3 heteroatoms. The SMILES string of the molecule is CCCc1nc(Cl)c(C)c(-c2cccc(C)c2C)n1. The van der Waals surface area contributed by atoms with Gasteiger partial charge in [0.1, 0.15) is 11.0 Å². The fourth-order valence-electron chi connectivity index (χ4n) is 2.14. The van der Waals surface area contributed by atoms with Crippen LogP contribution in [0.2, 0.25) is 5.15 Å². The van der Waals surface area contributed by atoms with Crippen LogP contribution < -0.4 is 0 Å². The van der Waals surface area contributed by atoms with E-state index in [0.717, 1.165) is 35.5 Å². The van der Waals surface area contributed by atoms with Crippen molar-refractivity contribution in [1.82, 2.24) is 9.97 Å². The molecule has 1 heterocycles. The van der Waals surface area contributed by atoms with Crippen molar-refractivity contribution in [1.29, 1.82) is 0 Å². The third kappa shape index (κ3) is 2.79. The quantitative estimate of drug-likeness (QED) is 0.760. The summed E-state index contributed by atoms with van der Waals surface area (Å²) in [6.45, 7) is 8.34. The van der Waals surface area contributed by atoms with Crippen molar-refractivity contribution in [3.05, 3.63) is 45.9 Å². The van der Waals surface area contributed by atoms with Crippen molar-refractivity contribution >= 4 is 11.6 Å². The molecular weight excluding hydrogens is 256 g/mol. The lowest BCUT2D eigenvalue weighted by molar-refractivity contribution is 0.833. The predicted molar refractivity (Wildman–Crippen MR) is 80.7 cm³/mol. The Morgan fingerprint density at radius 3 is 2.47 bits per heavy atom. The molecule has 0 spiro atoms. The monoisotopic (exact) mass is 274 g/mol. The van der Waals surface area contributed by atoms with Crippen LogP contribution in [0.5, 0.6) is 0 Å². The van der Waals surface area contributed by atoms with E-state index in [9.17, 15) is 0 Å². The van der Waals surface area contributed by atoms with Crippen LogP contribution in [0.1, 0.15) is 35.9 Å². The molecular formula is C16H19ClN2. The second-order valence-corrected chi connectivity index (χ2v) is 5.26. The molecule has 0 aliphatic rings. The van der Waals surface area contributed by atoms with Crippen LogP contribution >= 0.6 is 11.6 Å². The third-order valence-corrected chi connectivity index (χ3v) is 3.83. The van der Waals surface area contributed by atoms with E-state index in [0.29, 0.717) is 5.15 Å². The van der Waals surface area contributed by atoms with E-state index in [-0.39, 0.29) is 0 Å². The first-order valence-electron chi connectivity index (χ1n) is 6.64. The van der Waals surface area contributed by atoms with E-state index < -0.39 is 0 Å². The van der Waals surface area contributed by atoms with Crippen molar-refractivity contribution in [2.24, 2.45) is 0 Å². The number of aromatic nitrogens is 2. The second kappa shape index (κ2) is 5.70. The first-order chi connectivity index (χ1) is 9.04. The van der Waals surface area contributed by atoms with Crippen LogP contribution in [-0.2, 0) is 6.42 Å². The summed E-state index contributed by atoms with van der Waals surface area (Å²) < 4.78 is 0. The number of hydrogen-bond acceptors (Lipinski definition) is 2. The van der Waals surface area contributed by atoms with Gasteiger partial charge in [-0.1, -0.05) is 36.7 Å². The van der Waals surface area contributed by atoms with Gasteiger partial charge in [-0.3, -0.25) is 0 Å². The molecule has 0 unspecified atom stereocenters. The molecule has 0 fully saturated rings. The highest BCUT2D eigenvalue weighted by molar-refractivity contribution is 6.30. The van der Waals surface area contributed by atoms with Crippen molar-refractivity contribution in [2.45, 2.75) is 40.5 Å². The lowest BCUT2D eigenvalue weighted by atomic mass is 9.98. The van der Waals surface area contributed by atoms with Crippen molar-refractivity contribution in [3.8, 4) is 11.3 Å². The van der Waals surface area contributed by atoms with E-state index in [1.807, 2.05) is 6.92 Å². The van der Waals surface area contributed by atoms with Gasteiger partial charge in [-0.25, -0.2) is 9.97 Å². The molecule has 19 heavy (non-hydrogen) atoms. The molecule has 0 bridgehead atoms. The fourth-order valence-corrected chi connectivity index (χ4v) is 2.33. The van der Waals surface area contributed by atoms with Crippen molar-refractivity contribution in [3.63, 3.8) is 0 Å². The maximum atomic E-state index is 6.25. The van der Waals surface area contributed by atoms with Crippen LogP contribution in [0, 0.1) is 20.8 Å². The van der Waals surface area contributed by atoms with Gasteiger partial charge in [0.15, 0.2) is 0 Å². The highest BCUT2D eigenvalue weighted by atomic mass is 35.5. The molecule has 2 nitrogen and oxygen atoms in total. The van der Waals surface area contributed by atoms with E-state index in [1.165, 1.54) is 11.1 Å². The minimum Gasteiger partial charge on any atom is -0.233 e. The molecule has 2 aromatic rings. The summed E-state index contributed by atoms with van der Waals surface area (Å²) in [5.41, 5.74) is 5.59. The van der Waals surface area contributed by atoms with Crippen LogP contribution in [0.3, 0.4) is 0 Å². The van der Waals surface area contributed by atoms with Crippen LogP contribution in [0.15, 0.2) is 18.2 Å². The summed E-state index contributed by atoms with van der Waals surface area (Å²) in [7, 11) is 0. The predicted octanol–water partition coefficient (Wildman–Crippen LogP) is 4.67. The van der Waals surface area contributed by atoms with Crippen LogP contribution in [0.4, 0.5) is 0 Å². The summed E-state index contributed by atoms with van der Waals surface area (Å²) in [5.74, 6) is 0.828. The average Bonchev–Trinajstić information content (AvgIpc) is 2.37. The van der Waals surface area contributed by atoms with Crippen molar-refractivity contribution < 1.29 is 0 Å². The highest BCUT2D eigenvalue weighted by Crippen LogP contribution is 2.29. The van der Waals surface area contributed by atoms with Crippen molar-refractivity contribution in [2.75, 3.05) is 0 Å². The molecule has 0 aliphatic heterocycles. The Hall–Kier alpha value is -1.41. The summed E-state index contributed by atoms with van der Waals surface area (Å²) in [4.78, 5) is 9.05. The minimum atomic E-state index is 0.564. The summed E-state index contributed by atoms with van der Waals surface area (Å²) in [6, 6.07) is 6.28. The average molecular weight is 275 g/mol. The summed E-state index contributed by atoms with van der Waals surface area (Å²) in [6.07, 6.45) is 1.88. The topological polar surface area (TPSA) is 25.8 Å². The van der Waals surface area contributed by atoms with Gasteiger partial charge < -0.3 is 0 Å². The molecule has 2 rings (SSSR count). The van der Waals surface area contributed by atoms with Gasteiger partial charge in [0.05, 0.1) is 5.69 Å². The second-order valence-electron chi connectivity index (χ2n) is 4.90. The Labute approximate surface area is 119 Å². The minimum absolute atomic E-state index is 0.564. The van der Waals surface area contributed by atoms with Gasteiger partial charge in [0, 0.05) is 17.5 Å². The Morgan fingerprint density at radius 2 is 1.79 bits per heavy atom. The first kappa shape index (κ1) is 14.0. The normalized spacial score (nSPS) is 10.8. The van der Waals surface area contributed by atoms with Gasteiger partial charge in [0.2, 0.25) is 0 Å². The fraction of sp³-hybridized carbons (Fsp3) is 0.375. The van der Waals surface area contributed by atoms with Gasteiger partial charge in [-0.05, 0) is 38.3 Å². The number of nitrogens with zero attached hydrogens (tertiary/aromatic N) is 2. The Balaban J connectivity index is 2.64. The molecule has 0 N–H and O–H groups in total. The number of halogens is 1. The standard InChI is InChI=1S/C16H19ClN2/c1-5-7-14-18-15(12(4)16(17)19-14)13-9-6-8-10(2)11(13)3/h6,8-9H,5,7H2,1-4H3. The zero-order valence-corrected chi connectivity index (χ0v) is 12.7. The van der Waals surface area contributed by atoms with E-state index >= 15 is 0 Å². The lowest BCUT2D eigenvalue weighted by Gasteiger charge is -2.12. The largest absolute Gasteiger partial charge is 0.233 e. The molecule has 0 amide bonds. The zero-order chi connectivity index (χ0) is 14.0. The van der Waals surface area contributed by atoms with Crippen LogP contribution in [-0.4, -0.2) is 9.97 Å². The molecule has 1 aromatic heterocycles. The van der Waals surface area contributed by atoms with Gasteiger partial charge in [-0.15, -0.1) is 0 Å². The molecule has 1 aromatic carbocycles. The van der Waals surface area contributed by atoms with E-state index in [1.54, 1.807) is 0 Å². The molecule has 0 saturated heterocycles. The van der Waals surface area contributed by atoms with E-state index in [2.05, 4.69) is 44.0 Å². The maximum Gasteiger partial charge on any atom is 0.136 e. The van der Waals surface area contributed by atoms with E-state index in [4.69, 9.17) is 16.6 Å². The summed E-state index contributed by atoms with van der Waals surface area (Å²) in [5, 5.41) is 0.564. The number of rotatable bonds is 3. The maximum absolute atomic E-state index is 6.25. The van der Waals surface area contributed by atoms with Gasteiger partial charge in [-0.2, -0.15) is 0 Å². The number of aryl methyl sites for hydroxylation is 2. The Morgan fingerprint density at radius 1 is 1.05 bits per heavy atom. The molecule has 0 saturated carbocycles. The smallest absolute Gasteiger partial charge is 0.136 e.